The largest absolute Gasteiger partial charge is 0.480 e. The predicted octanol–water partition coefficient (Wildman–Crippen LogP) is 1.02. The van der Waals surface area contributed by atoms with Crippen molar-refractivity contribution >= 4 is 21.9 Å². The van der Waals surface area contributed by atoms with Crippen LogP contribution in [0.2, 0.25) is 0 Å². The lowest BCUT2D eigenvalue weighted by atomic mass is 10.1. The van der Waals surface area contributed by atoms with Gasteiger partial charge in [0.15, 0.2) is 5.43 Å². The number of carboxylic acid groups (broad SMARTS) is 1. The summed E-state index contributed by atoms with van der Waals surface area (Å²) in [5.41, 5.74) is 0.486. The number of pyridine rings is 1. The molecule has 5 nitrogen and oxygen atoms in total. The number of halogens is 1. The first-order chi connectivity index (χ1) is 7.59. The first kappa shape index (κ1) is 11.3. The summed E-state index contributed by atoms with van der Waals surface area (Å²) in [5.74, 6) is -0.867. The Labute approximate surface area is 100 Å². The molecule has 0 saturated carbocycles. The van der Waals surface area contributed by atoms with Gasteiger partial charge in [-0.3, -0.25) is 14.9 Å². The van der Waals surface area contributed by atoms with Crippen LogP contribution in [0, 0.1) is 0 Å². The first-order valence-electron chi connectivity index (χ1n) is 4.95. The Morgan fingerprint density at radius 3 is 2.81 bits per heavy atom. The van der Waals surface area contributed by atoms with E-state index in [1.165, 1.54) is 0 Å². The van der Waals surface area contributed by atoms with Crippen molar-refractivity contribution in [1.82, 2.24) is 10.3 Å². The number of aliphatic carboxylic acids is 1. The van der Waals surface area contributed by atoms with Gasteiger partial charge in [-0.1, -0.05) is 0 Å². The molecule has 16 heavy (non-hydrogen) atoms. The summed E-state index contributed by atoms with van der Waals surface area (Å²) in [4.78, 5) is 25.4. The van der Waals surface area contributed by atoms with E-state index in [1.54, 1.807) is 12.4 Å². The lowest BCUT2D eigenvalue weighted by Gasteiger charge is -2.11. The van der Waals surface area contributed by atoms with Crippen LogP contribution in [0.1, 0.15) is 24.4 Å². The molecule has 1 fully saturated rings. The van der Waals surface area contributed by atoms with Gasteiger partial charge in [-0.05, 0) is 28.8 Å². The minimum atomic E-state index is -0.867. The summed E-state index contributed by atoms with van der Waals surface area (Å²) in [5, 5.41) is 11.8. The smallest absolute Gasteiger partial charge is 0.320 e. The number of hydrogen-bond donors (Lipinski definition) is 3. The highest BCUT2D eigenvalue weighted by molar-refractivity contribution is 9.10. The molecule has 0 aromatic carbocycles. The number of aromatic amines is 1. The van der Waals surface area contributed by atoms with Crippen LogP contribution in [0.5, 0.6) is 0 Å². The van der Waals surface area contributed by atoms with Gasteiger partial charge in [0.05, 0.1) is 4.47 Å². The van der Waals surface area contributed by atoms with Crippen LogP contribution in [0.4, 0.5) is 0 Å². The second kappa shape index (κ2) is 4.39. The highest BCUT2D eigenvalue weighted by atomic mass is 79.9. The quantitative estimate of drug-likeness (QED) is 0.758. The van der Waals surface area contributed by atoms with Gasteiger partial charge >= 0.3 is 5.97 Å². The molecule has 0 spiro atoms. The molecule has 2 rings (SSSR count). The summed E-state index contributed by atoms with van der Waals surface area (Å²) in [6, 6.07) is -0.731. The fourth-order valence-corrected chi connectivity index (χ4v) is 2.28. The van der Waals surface area contributed by atoms with E-state index in [2.05, 4.69) is 26.2 Å². The number of nitrogens with one attached hydrogen (secondary N) is 2. The molecule has 86 valence electrons. The zero-order chi connectivity index (χ0) is 11.7. The second-order valence-electron chi connectivity index (χ2n) is 3.78. The number of carbonyl (C=O) groups is 1. The third kappa shape index (κ3) is 2.03. The summed E-state index contributed by atoms with van der Waals surface area (Å²) in [6.45, 7) is 0. The van der Waals surface area contributed by atoms with Crippen molar-refractivity contribution in [3.8, 4) is 0 Å². The number of aromatic nitrogens is 1. The molecule has 1 aromatic rings. The van der Waals surface area contributed by atoms with Gasteiger partial charge in [-0.25, -0.2) is 0 Å². The fourth-order valence-electron chi connectivity index (χ4n) is 1.92. The normalized spacial score (nSPS) is 24.6. The van der Waals surface area contributed by atoms with E-state index in [-0.39, 0.29) is 11.5 Å². The zero-order valence-corrected chi connectivity index (χ0v) is 9.95. The van der Waals surface area contributed by atoms with E-state index >= 15 is 0 Å². The minimum absolute atomic E-state index is 0.0951. The molecule has 1 aliphatic rings. The van der Waals surface area contributed by atoms with Crippen LogP contribution >= 0.6 is 15.9 Å². The van der Waals surface area contributed by atoms with Crippen molar-refractivity contribution in [2.75, 3.05) is 0 Å². The Hall–Kier alpha value is -1.14. The molecule has 0 bridgehead atoms. The first-order valence-corrected chi connectivity index (χ1v) is 5.74. The van der Waals surface area contributed by atoms with Crippen LogP contribution in [0.15, 0.2) is 21.7 Å². The maximum Gasteiger partial charge on any atom is 0.320 e. The number of carboxylic acids is 1. The average Bonchev–Trinajstić information content (AvgIpc) is 2.71. The van der Waals surface area contributed by atoms with Gasteiger partial charge in [0.25, 0.3) is 0 Å². The van der Waals surface area contributed by atoms with Crippen LogP contribution < -0.4 is 10.7 Å². The van der Waals surface area contributed by atoms with E-state index in [0.717, 1.165) is 0 Å². The van der Waals surface area contributed by atoms with Gasteiger partial charge in [-0.2, -0.15) is 0 Å². The third-order valence-corrected chi connectivity index (χ3v) is 3.34. The van der Waals surface area contributed by atoms with Crippen molar-refractivity contribution in [2.45, 2.75) is 24.9 Å². The van der Waals surface area contributed by atoms with Gasteiger partial charge in [-0.15, -0.1) is 0 Å². The number of hydrogen-bond acceptors (Lipinski definition) is 3. The van der Waals surface area contributed by atoms with Crippen molar-refractivity contribution in [3.05, 3.63) is 32.7 Å². The second-order valence-corrected chi connectivity index (χ2v) is 4.63. The Morgan fingerprint density at radius 2 is 2.19 bits per heavy atom. The standard InChI is InChI=1S/C10H11BrN2O3/c11-6-4-12-3-5(9(6)14)7-1-2-8(13-7)10(15)16/h3-4,7-8,13H,1-2H2,(H,12,14)(H,15,16)/t7-,8+/m0/s1. The van der Waals surface area contributed by atoms with E-state index in [1.807, 2.05) is 0 Å². The molecule has 2 heterocycles. The average molecular weight is 287 g/mol. The van der Waals surface area contributed by atoms with Gasteiger partial charge < -0.3 is 10.1 Å². The highest BCUT2D eigenvalue weighted by Gasteiger charge is 2.30. The molecule has 0 unspecified atom stereocenters. The van der Waals surface area contributed by atoms with Crippen molar-refractivity contribution in [3.63, 3.8) is 0 Å². The van der Waals surface area contributed by atoms with Gasteiger partial charge in [0.1, 0.15) is 6.04 Å². The zero-order valence-electron chi connectivity index (χ0n) is 8.37. The molecule has 3 N–H and O–H groups in total. The molecule has 1 aliphatic heterocycles. The molecule has 0 aliphatic carbocycles. The fraction of sp³-hybridized carbons (Fsp3) is 0.400. The molecule has 1 saturated heterocycles. The SMILES string of the molecule is O=C(O)[C@H]1CC[C@@H](c2c[nH]cc(Br)c2=O)N1. The van der Waals surface area contributed by atoms with E-state index < -0.39 is 12.0 Å². The van der Waals surface area contributed by atoms with E-state index in [0.29, 0.717) is 22.9 Å². The predicted molar refractivity (Wildman–Crippen MR) is 61.3 cm³/mol. The lowest BCUT2D eigenvalue weighted by molar-refractivity contribution is -0.139. The monoisotopic (exact) mass is 286 g/mol. The topological polar surface area (TPSA) is 82.2 Å². The third-order valence-electron chi connectivity index (χ3n) is 2.75. The van der Waals surface area contributed by atoms with Crippen LogP contribution in [-0.2, 0) is 4.79 Å². The number of H-pyrrole nitrogens is 1. The minimum Gasteiger partial charge on any atom is -0.480 e. The van der Waals surface area contributed by atoms with Crippen molar-refractivity contribution in [1.29, 1.82) is 0 Å². The highest BCUT2D eigenvalue weighted by Crippen LogP contribution is 2.24. The Morgan fingerprint density at radius 1 is 1.44 bits per heavy atom. The summed E-state index contributed by atoms with van der Waals surface area (Å²) in [6.07, 6.45) is 4.40. The molecular formula is C10H11BrN2O3. The molecular weight excluding hydrogens is 276 g/mol. The molecule has 6 heteroatoms. The Kier molecular flexibility index (Phi) is 3.11. The van der Waals surface area contributed by atoms with Crippen LogP contribution in [0.25, 0.3) is 0 Å². The summed E-state index contributed by atoms with van der Waals surface area (Å²) < 4.78 is 0.463. The van der Waals surface area contributed by atoms with Crippen LogP contribution in [-0.4, -0.2) is 22.1 Å². The molecule has 1 aromatic heterocycles. The van der Waals surface area contributed by atoms with E-state index in [4.69, 9.17) is 5.11 Å². The van der Waals surface area contributed by atoms with Crippen molar-refractivity contribution in [2.24, 2.45) is 0 Å². The lowest BCUT2D eigenvalue weighted by Crippen LogP contribution is -2.33. The summed E-state index contributed by atoms with van der Waals surface area (Å²) >= 11 is 3.15. The Balaban J connectivity index is 2.24. The van der Waals surface area contributed by atoms with Crippen molar-refractivity contribution < 1.29 is 9.90 Å². The van der Waals surface area contributed by atoms with Gasteiger partial charge in [0.2, 0.25) is 0 Å². The molecule has 2 atom stereocenters. The maximum absolute atomic E-state index is 11.8. The van der Waals surface area contributed by atoms with Crippen LogP contribution in [0.3, 0.4) is 0 Å². The molecule has 0 amide bonds. The maximum atomic E-state index is 11.8. The number of rotatable bonds is 2. The molecule has 0 radical (unpaired) electrons. The van der Waals surface area contributed by atoms with Gasteiger partial charge in [0, 0.05) is 24.0 Å². The Bertz CT molecular complexity index is 471. The summed E-state index contributed by atoms with van der Waals surface area (Å²) in [7, 11) is 0. The van der Waals surface area contributed by atoms with E-state index in [9.17, 15) is 9.59 Å².